The highest BCUT2D eigenvalue weighted by Crippen LogP contribution is 2.70. The Kier molecular flexibility index (Phi) is 6.67. The molecule has 4 aliphatic carbocycles. The Balaban J connectivity index is 1.59. The molecule has 0 heterocycles. The molecule has 9 atom stereocenters. The average molecular weight is 443 g/mol. The predicted molar refractivity (Wildman–Crippen MR) is 133 cm³/mol. The van der Waals surface area contributed by atoms with Gasteiger partial charge >= 0.3 is 0 Å². The van der Waals surface area contributed by atoms with Crippen LogP contribution >= 0.6 is 0 Å². The van der Waals surface area contributed by atoms with E-state index in [9.17, 15) is 4.79 Å². The summed E-state index contributed by atoms with van der Waals surface area (Å²) in [6.07, 6.45) is 15.8. The van der Waals surface area contributed by atoms with E-state index >= 15 is 0 Å². The van der Waals surface area contributed by atoms with Crippen LogP contribution in [0.5, 0.6) is 0 Å². The molecule has 0 amide bonds. The summed E-state index contributed by atoms with van der Waals surface area (Å²) < 4.78 is 5.95. The minimum atomic E-state index is 0.116. The first kappa shape index (κ1) is 24.3. The van der Waals surface area contributed by atoms with Crippen LogP contribution in [0, 0.1) is 51.8 Å². The van der Waals surface area contributed by atoms with Crippen molar-refractivity contribution in [3.05, 3.63) is 11.6 Å². The van der Waals surface area contributed by atoms with E-state index in [1.807, 2.05) is 0 Å². The lowest BCUT2D eigenvalue weighted by Crippen LogP contribution is -2.61. The van der Waals surface area contributed by atoms with Crippen molar-refractivity contribution < 1.29 is 9.53 Å². The summed E-state index contributed by atoms with van der Waals surface area (Å²) in [5.41, 5.74) is 2.52. The van der Waals surface area contributed by atoms with Crippen LogP contribution in [0.3, 0.4) is 0 Å². The minimum Gasteiger partial charge on any atom is -0.464 e. The third-order valence-electron chi connectivity index (χ3n) is 11.4. The van der Waals surface area contributed by atoms with Gasteiger partial charge in [0.2, 0.25) is 0 Å². The monoisotopic (exact) mass is 442 g/mol. The highest BCUT2D eigenvalue weighted by atomic mass is 16.5. The van der Waals surface area contributed by atoms with Gasteiger partial charge in [-0.1, -0.05) is 52.7 Å². The second kappa shape index (κ2) is 8.77. The Bertz CT molecular complexity index is 718. The first-order valence-electron chi connectivity index (χ1n) is 13.8. The molecular formula is C30H50O2. The van der Waals surface area contributed by atoms with Crippen molar-refractivity contribution in [1.82, 2.24) is 0 Å². The van der Waals surface area contributed by atoms with Crippen LogP contribution in [-0.4, -0.2) is 12.6 Å². The van der Waals surface area contributed by atoms with Crippen molar-refractivity contribution >= 4 is 6.47 Å². The highest BCUT2D eigenvalue weighted by Gasteiger charge is 2.64. The van der Waals surface area contributed by atoms with Gasteiger partial charge in [0.05, 0.1) is 0 Å². The summed E-state index contributed by atoms with van der Waals surface area (Å²) >= 11 is 0. The van der Waals surface area contributed by atoms with Gasteiger partial charge in [-0.15, -0.1) is 0 Å². The average Bonchev–Trinajstić information content (AvgIpc) is 3.04. The number of carbonyl (C=O) groups is 1. The fourth-order valence-electron chi connectivity index (χ4n) is 10.3. The van der Waals surface area contributed by atoms with Crippen molar-refractivity contribution in [2.45, 2.75) is 119 Å². The molecule has 4 aliphatic rings. The van der Waals surface area contributed by atoms with Crippen molar-refractivity contribution in [2.24, 2.45) is 51.8 Å². The number of ether oxygens (including phenoxy) is 1. The van der Waals surface area contributed by atoms with Gasteiger partial charge in [-0.05, 0) is 117 Å². The maximum atomic E-state index is 11.6. The molecular weight excluding hydrogens is 392 g/mol. The number of carbonyl (C=O) groups excluding carboxylic acids is 1. The number of rotatable bonds is 6. The summed E-state index contributed by atoms with van der Waals surface area (Å²) in [7, 11) is 0. The number of hydrogen-bond donors (Lipinski definition) is 0. The van der Waals surface area contributed by atoms with Crippen LogP contribution in [0.2, 0.25) is 0 Å². The molecule has 0 radical (unpaired) electrons. The molecule has 0 N–H and O–H groups in total. The quantitative estimate of drug-likeness (QED) is 0.306. The molecule has 182 valence electrons. The summed E-state index contributed by atoms with van der Waals surface area (Å²) in [6, 6.07) is 0. The Morgan fingerprint density at radius 1 is 1.00 bits per heavy atom. The second-order valence-corrected chi connectivity index (χ2v) is 13.8. The van der Waals surface area contributed by atoms with Crippen LogP contribution < -0.4 is 0 Å². The Labute approximate surface area is 198 Å². The smallest absolute Gasteiger partial charge is 0.293 e. The molecule has 0 aromatic carbocycles. The van der Waals surface area contributed by atoms with E-state index in [1.54, 1.807) is 0 Å². The SMILES string of the molecule is CC(C)=CCCC(C)C1CCC2C3CC(OC=O)C4C(C)(C)CCCC4(C)C3CCC12C. The van der Waals surface area contributed by atoms with E-state index in [2.05, 4.69) is 54.5 Å². The molecule has 9 unspecified atom stereocenters. The zero-order chi connectivity index (χ0) is 23.3. The van der Waals surface area contributed by atoms with Gasteiger partial charge in [0.15, 0.2) is 0 Å². The lowest BCUT2D eigenvalue weighted by atomic mass is 9.40. The van der Waals surface area contributed by atoms with Crippen LogP contribution in [0.1, 0.15) is 113 Å². The van der Waals surface area contributed by atoms with Crippen molar-refractivity contribution in [2.75, 3.05) is 0 Å². The molecule has 0 bridgehead atoms. The van der Waals surface area contributed by atoms with E-state index < -0.39 is 0 Å². The zero-order valence-corrected chi connectivity index (χ0v) is 22.1. The van der Waals surface area contributed by atoms with Gasteiger partial charge in [0, 0.05) is 5.92 Å². The van der Waals surface area contributed by atoms with Crippen LogP contribution in [-0.2, 0) is 9.53 Å². The van der Waals surface area contributed by atoms with Crippen molar-refractivity contribution in [3.63, 3.8) is 0 Å². The third-order valence-corrected chi connectivity index (χ3v) is 11.4. The molecule has 0 aromatic rings. The maximum Gasteiger partial charge on any atom is 0.293 e. The molecule has 2 nitrogen and oxygen atoms in total. The van der Waals surface area contributed by atoms with Crippen LogP contribution in [0.4, 0.5) is 0 Å². The molecule has 4 fully saturated rings. The summed E-state index contributed by atoms with van der Waals surface area (Å²) in [5, 5.41) is 0. The van der Waals surface area contributed by atoms with Crippen molar-refractivity contribution in [1.29, 1.82) is 0 Å². The second-order valence-electron chi connectivity index (χ2n) is 13.8. The molecule has 32 heavy (non-hydrogen) atoms. The molecule has 0 aromatic heterocycles. The van der Waals surface area contributed by atoms with Gasteiger partial charge in [-0.25, -0.2) is 0 Å². The summed E-state index contributed by atoms with van der Waals surface area (Å²) in [4.78, 5) is 11.6. The maximum absolute atomic E-state index is 11.6. The molecule has 4 rings (SSSR count). The molecule has 4 saturated carbocycles. The molecule has 0 saturated heterocycles. The number of fused-ring (bicyclic) bond motifs is 5. The standard InChI is InChI=1S/C30H50O2/c1-20(2)10-8-11-21(3)23-12-13-24-22-18-26(32-19-31)27-28(4,5)15-9-16-30(27,7)25(22)14-17-29(23,24)6/h10,19,21-27H,8-9,11-18H2,1-7H3. The lowest BCUT2D eigenvalue weighted by molar-refractivity contribution is -0.203. The van der Waals surface area contributed by atoms with Crippen molar-refractivity contribution in [3.8, 4) is 0 Å². The van der Waals surface area contributed by atoms with E-state index in [-0.39, 0.29) is 11.5 Å². The van der Waals surface area contributed by atoms with E-state index in [0.717, 1.165) is 42.5 Å². The van der Waals surface area contributed by atoms with Gasteiger partial charge in [0.1, 0.15) is 6.10 Å². The van der Waals surface area contributed by atoms with Crippen LogP contribution in [0.15, 0.2) is 11.6 Å². The zero-order valence-electron chi connectivity index (χ0n) is 22.1. The Morgan fingerprint density at radius 3 is 2.41 bits per heavy atom. The third kappa shape index (κ3) is 3.90. The fraction of sp³-hybridized carbons (Fsp3) is 0.900. The van der Waals surface area contributed by atoms with E-state index in [4.69, 9.17) is 4.74 Å². The number of hydrogen-bond acceptors (Lipinski definition) is 2. The summed E-state index contributed by atoms with van der Waals surface area (Å²) in [5.74, 6) is 4.55. The first-order valence-corrected chi connectivity index (χ1v) is 13.8. The first-order chi connectivity index (χ1) is 15.0. The Morgan fingerprint density at radius 2 is 1.72 bits per heavy atom. The Hall–Kier alpha value is -0.790. The molecule has 0 spiro atoms. The van der Waals surface area contributed by atoms with Gasteiger partial charge in [-0.2, -0.15) is 0 Å². The largest absolute Gasteiger partial charge is 0.464 e. The highest BCUT2D eigenvalue weighted by molar-refractivity contribution is 5.38. The summed E-state index contributed by atoms with van der Waals surface area (Å²) in [6.45, 7) is 17.9. The topological polar surface area (TPSA) is 26.3 Å². The van der Waals surface area contributed by atoms with E-state index in [0.29, 0.717) is 16.7 Å². The molecule has 0 aliphatic heterocycles. The van der Waals surface area contributed by atoms with Crippen LogP contribution in [0.25, 0.3) is 0 Å². The van der Waals surface area contributed by atoms with Gasteiger partial charge < -0.3 is 4.74 Å². The van der Waals surface area contributed by atoms with Gasteiger partial charge in [-0.3, -0.25) is 4.79 Å². The predicted octanol–water partition coefficient (Wildman–Crippen LogP) is 8.21. The van der Waals surface area contributed by atoms with E-state index in [1.165, 1.54) is 63.4 Å². The lowest BCUT2D eigenvalue weighted by Gasteiger charge is -2.65. The normalized spacial score (nSPS) is 45.7. The fourth-order valence-corrected chi connectivity index (χ4v) is 10.3. The number of allylic oxidation sites excluding steroid dienone is 2. The molecule has 2 heteroatoms. The van der Waals surface area contributed by atoms with Gasteiger partial charge in [0.25, 0.3) is 6.47 Å². The minimum absolute atomic E-state index is 0.116.